The van der Waals surface area contributed by atoms with Gasteiger partial charge in [0.2, 0.25) is 5.91 Å². The van der Waals surface area contributed by atoms with Crippen molar-refractivity contribution in [3.63, 3.8) is 0 Å². The molecule has 1 aliphatic heterocycles. The van der Waals surface area contributed by atoms with Crippen LogP contribution in [0.25, 0.3) is 0 Å². The fraction of sp³-hybridized carbons (Fsp3) is 0.846. The maximum atomic E-state index is 12.2. The second-order valence-electron chi connectivity index (χ2n) is 5.04. The van der Waals surface area contributed by atoms with Crippen LogP contribution in [0.3, 0.4) is 0 Å². The minimum atomic E-state index is -0.959. The summed E-state index contributed by atoms with van der Waals surface area (Å²) in [4.78, 5) is 25.2. The van der Waals surface area contributed by atoms with Crippen LogP contribution >= 0.6 is 0 Å². The average Bonchev–Trinajstić information content (AvgIpc) is 2.83. The Kier molecular flexibility index (Phi) is 5.14. The molecule has 1 fully saturated rings. The third-order valence-corrected chi connectivity index (χ3v) is 4.21. The van der Waals surface area contributed by atoms with Crippen molar-refractivity contribution in [3.8, 4) is 0 Å². The van der Waals surface area contributed by atoms with Crippen molar-refractivity contribution in [3.05, 3.63) is 0 Å². The van der Waals surface area contributed by atoms with Crippen molar-refractivity contribution in [2.45, 2.75) is 52.0 Å². The normalized spacial score (nSPS) is 20.2. The molecule has 1 rings (SSSR count). The van der Waals surface area contributed by atoms with Gasteiger partial charge in [0.15, 0.2) is 0 Å². The van der Waals surface area contributed by atoms with Crippen LogP contribution in [-0.4, -0.2) is 46.2 Å². The van der Waals surface area contributed by atoms with E-state index in [0.29, 0.717) is 19.4 Å². The zero-order valence-electron chi connectivity index (χ0n) is 11.2. The van der Waals surface area contributed by atoms with Crippen LogP contribution in [0.15, 0.2) is 0 Å². The van der Waals surface area contributed by atoms with Crippen LogP contribution < -0.4 is 0 Å². The molecule has 1 heterocycles. The van der Waals surface area contributed by atoms with Crippen molar-refractivity contribution in [2.75, 3.05) is 13.2 Å². The van der Waals surface area contributed by atoms with Crippen molar-refractivity contribution in [1.29, 1.82) is 0 Å². The van der Waals surface area contributed by atoms with Crippen molar-refractivity contribution in [2.24, 2.45) is 5.41 Å². The highest BCUT2D eigenvalue weighted by Crippen LogP contribution is 2.33. The monoisotopic (exact) mass is 257 g/mol. The first-order chi connectivity index (χ1) is 8.50. The SMILES string of the molecule is CCC(CC)(CC(=O)N1CCC[C@H]1CO)C(=O)O. The molecule has 18 heavy (non-hydrogen) atoms. The van der Waals surface area contributed by atoms with E-state index in [0.717, 1.165) is 12.8 Å². The first-order valence-corrected chi connectivity index (χ1v) is 6.64. The molecule has 1 aliphatic rings. The van der Waals surface area contributed by atoms with Gasteiger partial charge in [-0.2, -0.15) is 0 Å². The fourth-order valence-electron chi connectivity index (χ4n) is 2.62. The quantitative estimate of drug-likeness (QED) is 0.750. The summed E-state index contributed by atoms with van der Waals surface area (Å²) in [7, 11) is 0. The number of aliphatic hydroxyl groups is 1. The van der Waals surface area contributed by atoms with Crippen LogP contribution in [0, 0.1) is 5.41 Å². The molecule has 0 radical (unpaired) electrons. The molecule has 0 bridgehead atoms. The van der Waals surface area contributed by atoms with Gasteiger partial charge in [-0.25, -0.2) is 0 Å². The van der Waals surface area contributed by atoms with Gasteiger partial charge >= 0.3 is 5.97 Å². The number of likely N-dealkylation sites (tertiary alicyclic amines) is 1. The number of hydrogen-bond donors (Lipinski definition) is 2. The van der Waals surface area contributed by atoms with Crippen LogP contribution in [0.2, 0.25) is 0 Å². The Morgan fingerprint density at radius 3 is 2.39 bits per heavy atom. The van der Waals surface area contributed by atoms with E-state index in [2.05, 4.69) is 0 Å². The Morgan fingerprint density at radius 2 is 1.94 bits per heavy atom. The predicted octanol–water partition coefficient (Wildman–Crippen LogP) is 1.25. The van der Waals surface area contributed by atoms with E-state index < -0.39 is 11.4 Å². The smallest absolute Gasteiger partial charge is 0.310 e. The van der Waals surface area contributed by atoms with Gasteiger partial charge in [0.25, 0.3) is 0 Å². The number of rotatable bonds is 6. The Labute approximate surface area is 108 Å². The number of amides is 1. The maximum absolute atomic E-state index is 12.2. The second kappa shape index (κ2) is 6.18. The summed E-state index contributed by atoms with van der Waals surface area (Å²) in [6, 6.07) is -0.127. The molecule has 2 N–H and O–H groups in total. The summed E-state index contributed by atoms with van der Waals surface area (Å²) >= 11 is 0. The Balaban J connectivity index is 2.75. The van der Waals surface area contributed by atoms with Gasteiger partial charge in [-0.1, -0.05) is 13.8 Å². The van der Waals surface area contributed by atoms with E-state index in [1.54, 1.807) is 18.7 Å². The molecule has 1 amide bonds. The molecule has 5 heteroatoms. The molecule has 1 saturated heterocycles. The van der Waals surface area contributed by atoms with E-state index in [4.69, 9.17) is 0 Å². The lowest BCUT2D eigenvalue weighted by Gasteiger charge is -2.30. The predicted molar refractivity (Wildman–Crippen MR) is 67.1 cm³/mol. The van der Waals surface area contributed by atoms with Gasteiger partial charge in [-0.15, -0.1) is 0 Å². The molecule has 0 aliphatic carbocycles. The van der Waals surface area contributed by atoms with Crippen molar-refractivity contribution in [1.82, 2.24) is 4.90 Å². The summed E-state index contributed by atoms with van der Waals surface area (Å²) in [6.45, 7) is 4.20. The molecular formula is C13H23NO4. The highest BCUT2D eigenvalue weighted by Gasteiger charge is 2.40. The molecule has 0 saturated carbocycles. The number of aliphatic hydroxyl groups excluding tert-OH is 1. The third-order valence-electron chi connectivity index (χ3n) is 4.21. The van der Waals surface area contributed by atoms with Crippen LogP contribution in [-0.2, 0) is 9.59 Å². The number of hydrogen-bond acceptors (Lipinski definition) is 3. The number of carbonyl (C=O) groups excluding carboxylic acids is 1. The van der Waals surface area contributed by atoms with Gasteiger partial charge in [0, 0.05) is 13.0 Å². The summed E-state index contributed by atoms with van der Waals surface area (Å²) in [5, 5.41) is 18.5. The molecule has 0 unspecified atom stereocenters. The summed E-state index contributed by atoms with van der Waals surface area (Å²) < 4.78 is 0. The number of carboxylic acid groups (broad SMARTS) is 1. The van der Waals surface area contributed by atoms with E-state index in [-0.39, 0.29) is 25.0 Å². The Bertz CT molecular complexity index is 312. The molecule has 5 nitrogen and oxygen atoms in total. The minimum absolute atomic E-state index is 0.0336. The van der Waals surface area contributed by atoms with Crippen molar-refractivity contribution < 1.29 is 19.8 Å². The molecule has 104 valence electrons. The standard InChI is InChI=1S/C13H23NO4/c1-3-13(4-2,12(17)18)8-11(16)14-7-5-6-10(14)9-15/h10,15H,3-9H2,1-2H3,(H,17,18)/t10-/m0/s1. The second-order valence-corrected chi connectivity index (χ2v) is 5.04. The molecular weight excluding hydrogens is 234 g/mol. The molecule has 0 aromatic rings. The highest BCUT2D eigenvalue weighted by atomic mass is 16.4. The van der Waals surface area contributed by atoms with E-state index >= 15 is 0 Å². The van der Waals surface area contributed by atoms with Crippen LogP contribution in [0.1, 0.15) is 46.0 Å². The van der Waals surface area contributed by atoms with Gasteiger partial charge in [-0.3, -0.25) is 9.59 Å². The van der Waals surface area contributed by atoms with E-state index in [9.17, 15) is 19.8 Å². The lowest BCUT2D eigenvalue weighted by molar-refractivity contribution is -0.154. The number of carbonyl (C=O) groups is 2. The number of aliphatic carboxylic acids is 1. The minimum Gasteiger partial charge on any atom is -0.481 e. The van der Waals surface area contributed by atoms with E-state index in [1.807, 2.05) is 0 Å². The summed E-state index contributed by atoms with van der Waals surface area (Å²) in [6.07, 6.45) is 2.62. The van der Waals surface area contributed by atoms with Gasteiger partial charge < -0.3 is 15.1 Å². The summed E-state index contributed by atoms with van der Waals surface area (Å²) in [5.41, 5.74) is -0.959. The topological polar surface area (TPSA) is 77.8 Å². The van der Waals surface area contributed by atoms with Crippen LogP contribution in [0.5, 0.6) is 0 Å². The zero-order valence-corrected chi connectivity index (χ0v) is 11.2. The molecule has 0 aromatic heterocycles. The molecule has 1 atom stereocenters. The zero-order chi connectivity index (χ0) is 13.8. The number of nitrogens with zero attached hydrogens (tertiary/aromatic N) is 1. The fourth-order valence-corrected chi connectivity index (χ4v) is 2.62. The lowest BCUT2D eigenvalue weighted by Crippen LogP contribution is -2.42. The largest absolute Gasteiger partial charge is 0.481 e. The molecule has 0 spiro atoms. The summed E-state index contributed by atoms with van der Waals surface area (Å²) in [5.74, 6) is -1.04. The van der Waals surface area contributed by atoms with Gasteiger partial charge in [0.1, 0.15) is 0 Å². The lowest BCUT2D eigenvalue weighted by atomic mass is 9.79. The Hall–Kier alpha value is -1.10. The first-order valence-electron chi connectivity index (χ1n) is 6.64. The Morgan fingerprint density at radius 1 is 1.33 bits per heavy atom. The number of carboxylic acids is 1. The molecule has 0 aromatic carbocycles. The van der Waals surface area contributed by atoms with Gasteiger partial charge in [-0.05, 0) is 25.7 Å². The van der Waals surface area contributed by atoms with E-state index in [1.165, 1.54) is 0 Å². The third kappa shape index (κ3) is 2.83. The van der Waals surface area contributed by atoms with Crippen molar-refractivity contribution >= 4 is 11.9 Å². The van der Waals surface area contributed by atoms with Crippen LogP contribution in [0.4, 0.5) is 0 Å². The van der Waals surface area contributed by atoms with Gasteiger partial charge in [0.05, 0.1) is 18.1 Å². The first kappa shape index (κ1) is 15.0. The average molecular weight is 257 g/mol. The highest BCUT2D eigenvalue weighted by molar-refractivity contribution is 5.85. The maximum Gasteiger partial charge on any atom is 0.310 e.